The van der Waals surface area contributed by atoms with Crippen molar-refractivity contribution in [3.05, 3.63) is 240 Å². The van der Waals surface area contributed by atoms with Crippen LogP contribution in [-0.2, 0) is 34.4 Å². The van der Waals surface area contributed by atoms with Crippen molar-refractivity contribution >= 4 is 56.2 Å². The number of carbonyl (C=O) groups is 2. The molecule has 114 heavy (non-hydrogen) atoms. The lowest BCUT2D eigenvalue weighted by molar-refractivity contribution is -0.144. The van der Waals surface area contributed by atoms with Crippen LogP contribution in [0.15, 0.2) is 195 Å². The summed E-state index contributed by atoms with van der Waals surface area (Å²) in [6, 6.07) is 54.9. The first kappa shape index (κ1) is 81.2. The summed E-state index contributed by atoms with van der Waals surface area (Å²) in [6.45, 7) is 18.4. The van der Waals surface area contributed by atoms with E-state index in [4.69, 9.17) is 4.74 Å². The third-order valence-corrected chi connectivity index (χ3v) is 29.4. The summed E-state index contributed by atoms with van der Waals surface area (Å²) in [5.41, 5.74) is 13.1. The van der Waals surface area contributed by atoms with Crippen LogP contribution in [-0.4, -0.2) is 84.4 Å². The first-order valence-corrected chi connectivity index (χ1v) is 43.1. The van der Waals surface area contributed by atoms with Gasteiger partial charge in [0, 0.05) is 112 Å². The molecule has 20 atom stereocenters. The topological polar surface area (TPSA) is 294 Å². The number of aromatic nitrogens is 4. The Hall–Kier alpha value is -10.8. The van der Waals surface area contributed by atoms with E-state index in [2.05, 4.69) is 139 Å². The van der Waals surface area contributed by atoms with Crippen molar-refractivity contribution < 1.29 is 31.2 Å². The summed E-state index contributed by atoms with van der Waals surface area (Å²) < 4.78 is 60.5. The molecule has 4 saturated carbocycles. The average molecular weight is 1560 g/mol. The number of carbonyl (C=O) groups excluding carboxylic acids is 2. The number of sulfonamides is 2. The van der Waals surface area contributed by atoms with Crippen LogP contribution < -0.4 is 14.8 Å². The molecule has 8 heterocycles. The summed E-state index contributed by atoms with van der Waals surface area (Å²) in [4.78, 5) is 41.9. The SMILES string of the molecule is C[C@H]1[C@H](/C=C/c2ccc(-c3ccccc3C#N)cn2)[C@@H]2NC(=O)C[C@@H]2C[C@@H]1C.C[C@H]1[C@H](/C=C/c2ccc(-c3ccccc3C#N)cn2)[C@@H]2NS(=O)(=O)C[C@@H]2C[C@@H]1C.C[C@H]1[C@H](/C=C/c2ccc(-c3ccccc3C#N)cn2)[C@@H]2OC(=O)C[C@@H]2C[C@@H]1C.C[C@H]1[C@H](/C=C/c2ccc(-c3ccccc3C#N)cn2)[C@H]2[C@H](CNS2(=O)=O)C[C@@H]1C. The quantitative estimate of drug-likeness (QED) is 0.0958. The summed E-state index contributed by atoms with van der Waals surface area (Å²) in [7, 11) is -6.42. The molecular weight excluding hydrogens is 1460 g/mol. The number of allylic oxidation sites excluding steroid dienone is 1. The lowest BCUT2D eigenvalue weighted by atomic mass is 9.66. The van der Waals surface area contributed by atoms with Gasteiger partial charge in [-0.25, -0.2) is 26.3 Å². The summed E-state index contributed by atoms with van der Waals surface area (Å²) in [5, 5.41) is 40.0. The molecule has 8 aliphatic rings. The third kappa shape index (κ3) is 18.4. The fourth-order valence-electron chi connectivity index (χ4n) is 18.9. The van der Waals surface area contributed by atoms with Gasteiger partial charge in [0.15, 0.2) is 0 Å². The molecule has 4 saturated heterocycles. The van der Waals surface area contributed by atoms with Crippen LogP contribution in [0, 0.1) is 140 Å². The lowest BCUT2D eigenvalue weighted by Gasteiger charge is -2.40. The van der Waals surface area contributed by atoms with Gasteiger partial charge in [0.2, 0.25) is 26.0 Å². The Morgan fingerprint density at radius 3 is 1.17 bits per heavy atom. The maximum atomic E-state index is 12.5. The first-order chi connectivity index (χ1) is 54.9. The van der Waals surface area contributed by atoms with Crippen molar-refractivity contribution in [3.63, 3.8) is 0 Å². The number of hydrogen-bond donors (Lipinski definition) is 3. The van der Waals surface area contributed by atoms with Crippen molar-refractivity contribution in [1.29, 1.82) is 21.0 Å². The van der Waals surface area contributed by atoms with Gasteiger partial charge in [0.25, 0.3) is 0 Å². The Bertz CT molecular complexity index is 5190. The Balaban J connectivity index is 0.000000133. The maximum absolute atomic E-state index is 12.5. The van der Waals surface area contributed by atoms with Gasteiger partial charge in [0.1, 0.15) is 6.10 Å². The van der Waals surface area contributed by atoms with Gasteiger partial charge in [-0.05, 0) is 175 Å². The van der Waals surface area contributed by atoms with Crippen molar-refractivity contribution in [2.24, 2.45) is 94.7 Å². The van der Waals surface area contributed by atoms with E-state index in [-0.39, 0.29) is 70.7 Å². The Morgan fingerprint density at radius 2 is 0.763 bits per heavy atom. The van der Waals surface area contributed by atoms with Crippen LogP contribution in [0.2, 0.25) is 0 Å². The number of hydrogen-bond acceptors (Lipinski definition) is 15. The minimum absolute atomic E-state index is 0.00303. The number of benzene rings is 4. The van der Waals surface area contributed by atoms with Gasteiger partial charge in [-0.1, -0.05) is 177 Å². The van der Waals surface area contributed by atoms with Gasteiger partial charge in [-0.2, -0.15) is 21.0 Å². The molecule has 3 N–H and O–H groups in total. The number of amides is 1. The third-order valence-electron chi connectivity index (χ3n) is 25.9. The van der Waals surface area contributed by atoms with E-state index in [9.17, 15) is 47.5 Å². The molecule has 0 radical (unpaired) electrons. The second kappa shape index (κ2) is 35.7. The van der Waals surface area contributed by atoms with E-state index in [1.54, 1.807) is 30.7 Å². The zero-order valence-corrected chi connectivity index (χ0v) is 67.4. The molecule has 0 bridgehead atoms. The van der Waals surface area contributed by atoms with Crippen LogP contribution in [0.5, 0.6) is 0 Å². The molecule has 16 rings (SSSR count). The van der Waals surface area contributed by atoms with Crippen LogP contribution in [0.1, 0.15) is 139 Å². The molecule has 4 aliphatic carbocycles. The maximum Gasteiger partial charge on any atom is 0.306 e. The molecule has 1 amide bonds. The zero-order valence-electron chi connectivity index (χ0n) is 65.7. The molecule has 8 aromatic rings. The van der Waals surface area contributed by atoms with E-state index in [0.717, 1.165) is 93.0 Å². The summed E-state index contributed by atoms with van der Waals surface area (Å²) in [6.07, 6.45) is 29.1. The van der Waals surface area contributed by atoms with Crippen LogP contribution in [0.25, 0.3) is 68.8 Å². The predicted molar refractivity (Wildman–Crippen MR) is 446 cm³/mol. The number of rotatable bonds is 12. The van der Waals surface area contributed by atoms with E-state index < -0.39 is 20.0 Å². The first-order valence-electron chi connectivity index (χ1n) is 39.9. The van der Waals surface area contributed by atoms with Crippen LogP contribution >= 0.6 is 0 Å². The summed E-state index contributed by atoms with van der Waals surface area (Å²) in [5.74, 6) is 6.04. The standard InChI is InChI=1S/C24H25N3O.C24H24N2O2.2C23H25N3O2S/c1-15-11-19-12-23(28)27-24(19)21(16(15)2)10-9-20-8-7-18(14-26-20)22-6-4-3-5-17(22)13-25;1-15-11-19-12-23(27)28-24(19)21(16(15)2)10-9-20-8-7-18(14-26-20)22-6-4-3-5-17(22)13-25;1-15-11-19-14-29(27,28)26-23(19)21(16(15)2)10-9-20-8-7-18(13-25-20)22-6-4-3-5-17(22)12-24;1-15-11-19-14-26-29(27,28)23(19)21(16(15)2)10-9-20-8-7-18(13-25-20)22-6-4-3-5-17(22)12-24/h3-10,14-16,19,21,24H,11-12H2,1-2H3,(H,27,28);3-10,14-16,19,21,24H,11-12H2,1-2H3;2*3-10,13,15-16,19,21,23,26H,11,14H2,1-2H3/b4*10-9+/t2*15-,16+,19-,21-,24+;2*15-,16+,19-,21-,23+/m0000/s1. The van der Waals surface area contributed by atoms with E-state index in [1.165, 1.54) is 0 Å². The number of fused-ring (bicyclic) bond motifs is 4. The van der Waals surface area contributed by atoms with Gasteiger partial charge in [-0.15, -0.1) is 0 Å². The van der Waals surface area contributed by atoms with Gasteiger partial charge < -0.3 is 10.1 Å². The monoisotopic (exact) mass is 1560 g/mol. The van der Waals surface area contributed by atoms with Crippen molar-refractivity contribution in [3.8, 4) is 68.8 Å². The highest BCUT2D eigenvalue weighted by Gasteiger charge is 2.52. The molecule has 584 valence electrons. The highest BCUT2D eigenvalue weighted by atomic mass is 32.2. The second-order valence-corrected chi connectivity index (χ2v) is 36.6. The second-order valence-electron chi connectivity index (χ2n) is 32.8. The number of nitriles is 4. The van der Waals surface area contributed by atoms with E-state index >= 15 is 0 Å². The van der Waals surface area contributed by atoms with Crippen molar-refractivity contribution in [2.75, 3.05) is 12.3 Å². The minimum Gasteiger partial charge on any atom is -0.461 e. The number of ether oxygens (including phenoxy) is 1. The predicted octanol–water partition coefficient (Wildman–Crippen LogP) is 17.0. The Labute approximate surface area is 671 Å². The molecular formula is C94H99N11O7S2. The van der Waals surface area contributed by atoms with Crippen LogP contribution in [0.4, 0.5) is 0 Å². The number of nitrogens with zero attached hydrogens (tertiary/aromatic N) is 8. The van der Waals surface area contributed by atoms with E-state index in [0.29, 0.717) is 107 Å². The zero-order chi connectivity index (χ0) is 80.5. The smallest absolute Gasteiger partial charge is 0.306 e. The largest absolute Gasteiger partial charge is 0.461 e. The minimum atomic E-state index is -3.26. The Morgan fingerprint density at radius 1 is 0.412 bits per heavy atom. The number of pyridine rings is 4. The molecule has 0 spiro atoms. The molecule has 20 heteroatoms. The molecule has 0 unspecified atom stereocenters. The summed E-state index contributed by atoms with van der Waals surface area (Å²) >= 11 is 0. The molecule has 8 fully saturated rings. The highest BCUT2D eigenvalue weighted by Crippen LogP contribution is 2.48. The van der Waals surface area contributed by atoms with Gasteiger partial charge in [-0.3, -0.25) is 29.5 Å². The number of esters is 1. The average Bonchev–Trinajstić information content (AvgIpc) is 1.95. The number of nitrogens with one attached hydrogen (secondary N) is 3. The van der Waals surface area contributed by atoms with Crippen molar-refractivity contribution in [1.82, 2.24) is 34.7 Å². The molecule has 4 aromatic carbocycles. The normalized spacial score (nSPS) is 30.0. The van der Waals surface area contributed by atoms with Gasteiger partial charge >= 0.3 is 5.97 Å². The fourth-order valence-corrected chi connectivity index (χ4v) is 22.8. The fraction of sp³-hybridized carbons (Fsp3) is 0.383. The molecule has 4 aromatic heterocycles. The highest BCUT2D eigenvalue weighted by molar-refractivity contribution is 7.90. The molecule has 18 nitrogen and oxygen atoms in total. The lowest BCUT2D eigenvalue weighted by Crippen LogP contribution is -2.44. The molecule has 4 aliphatic heterocycles. The Kier molecular flexibility index (Phi) is 25.4. The van der Waals surface area contributed by atoms with Crippen molar-refractivity contribution in [2.45, 2.75) is 117 Å². The van der Waals surface area contributed by atoms with Gasteiger partial charge in [0.05, 0.1) is 86.7 Å². The van der Waals surface area contributed by atoms with E-state index in [1.807, 2.05) is 164 Å². The van der Waals surface area contributed by atoms with Crippen LogP contribution in [0.3, 0.4) is 0 Å².